The van der Waals surface area contributed by atoms with Crippen LogP contribution in [0.4, 0.5) is 0 Å². The summed E-state index contributed by atoms with van der Waals surface area (Å²) in [4.78, 5) is 17.1. The van der Waals surface area contributed by atoms with E-state index in [0.29, 0.717) is 18.1 Å². The fraction of sp³-hybridized carbons (Fsp3) is 0.182. The largest absolute Gasteiger partial charge is 0.485 e. The molecule has 0 fully saturated rings. The Bertz CT molecular complexity index is 1080. The highest BCUT2D eigenvalue weighted by Gasteiger charge is 2.14. The number of amides is 1. The number of benzene rings is 2. The molecule has 0 saturated carbocycles. The van der Waals surface area contributed by atoms with Crippen molar-refractivity contribution in [1.29, 1.82) is 0 Å². The van der Waals surface area contributed by atoms with Crippen LogP contribution in [0, 0.1) is 6.92 Å². The summed E-state index contributed by atoms with van der Waals surface area (Å²) >= 11 is 0. The number of imidazole rings is 1. The van der Waals surface area contributed by atoms with Crippen molar-refractivity contribution in [2.45, 2.75) is 26.6 Å². The molecular formula is C22H21N3O3. The van der Waals surface area contributed by atoms with Gasteiger partial charge in [-0.15, -0.1) is 0 Å². The van der Waals surface area contributed by atoms with E-state index in [1.807, 2.05) is 66.1 Å². The van der Waals surface area contributed by atoms with E-state index >= 15 is 0 Å². The van der Waals surface area contributed by atoms with Crippen LogP contribution in [-0.2, 0) is 24.5 Å². The number of nitrogens with zero attached hydrogens (tertiary/aromatic N) is 2. The van der Waals surface area contributed by atoms with Crippen molar-refractivity contribution in [3.8, 4) is 5.75 Å². The third kappa shape index (κ3) is 3.91. The highest BCUT2D eigenvalue weighted by molar-refractivity contribution is 5.81. The first kappa shape index (κ1) is 17.9. The standard InChI is InChI=1S/C22H21N3O3/c1-16-7-2-5-11-20(16)28-15-21-24-18-9-3-4-10-19(18)25(21)14-22(26)23-13-17-8-6-12-27-17/h2-12H,13-15H2,1H3,(H,23,26). The monoisotopic (exact) mass is 375 g/mol. The molecule has 0 unspecified atom stereocenters. The summed E-state index contributed by atoms with van der Waals surface area (Å²) < 4.78 is 13.1. The van der Waals surface area contributed by atoms with Crippen LogP contribution >= 0.6 is 0 Å². The van der Waals surface area contributed by atoms with Crippen molar-refractivity contribution in [2.75, 3.05) is 0 Å². The number of furan rings is 1. The van der Waals surface area contributed by atoms with Crippen molar-refractivity contribution in [3.05, 3.63) is 84.1 Å². The third-order valence-corrected chi connectivity index (χ3v) is 4.53. The zero-order valence-electron chi connectivity index (χ0n) is 15.6. The predicted octanol–water partition coefficient (Wildman–Crippen LogP) is 3.83. The van der Waals surface area contributed by atoms with Crippen LogP contribution in [0.15, 0.2) is 71.3 Å². The first-order chi connectivity index (χ1) is 13.7. The number of aromatic nitrogens is 2. The van der Waals surface area contributed by atoms with Gasteiger partial charge in [-0.1, -0.05) is 30.3 Å². The van der Waals surface area contributed by atoms with Crippen LogP contribution in [0.25, 0.3) is 11.0 Å². The molecule has 0 aliphatic carbocycles. The Morgan fingerprint density at radius 2 is 1.93 bits per heavy atom. The third-order valence-electron chi connectivity index (χ3n) is 4.53. The highest BCUT2D eigenvalue weighted by Crippen LogP contribution is 2.20. The number of fused-ring (bicyclic) bond motifs is 1. The minimum Gasteiger partial charge on any atom is -0.485 e. The second-order valence-electron chi connectivity index (χ2n) is 6.51. The molecule has 6 heteroatoms. The van der Waals surface area contributed by atoms with E-state index in [1.54, 1.807) is 12.3 Å². The quantitative estimate of drug-likeness (QED) is 0.533. The van der Waals surface area contributed by atoms with E-state index in [4.69, 9.17) is 9.15 Å². The molecule has 28 heavy (non-hydrogen) atoms. The summed E-state index contributed by atoms with van der Waals surface area (Å²) in [5.74, 6) is 2.12. The van der Waals surface area contributed by atoms with Crippen molar-refractivity contribution < 1.29 is 13.9 Å². The van der Waals surface area contributed by atoms with Gasteiger partial charge in [-0.2, -0.15) is 0 Å². The average molecular weight is 375 g/mol. The molecule has 2 heterocycles. The zero-order chi connectivity index (χ0) is 19.3. The van der Waals surface area contributed by atoms with Crippen molar-refractivity contribution in [3.63, 3.8) is 0 Å². The second kappa shape index (κ2) is 8.00. The molecule has 1 N–H and O–H groups in total. The Morgan fingerprint density at radius 3 is 2.75 bits per heavy atom. The Hall–Kier alpha value is -3.54. The van der Waals surface area contributed by atoms with Gasteiger partial charge in [-0.3, -0.25) is 4.79 Å². The van der Waals surface area contributed by atoms with Crippen LogP contribution in [0.3, 0.4) is 0 Å². The summed E-state index contributed by atoms with van der Waals surface area (Å²) in [6, 6.07) is 19.2. The van der Waals surface area contributed by atoms with Gasteiger partial charge in [0.2, 0.25) is 5.91 Å². The molecule has 2 aromatic heterocycles. The molecule has 0 saturated heterocycles. The molecule has 0 aliphatic heterocycles. The SMILES string of the molecule is Cc1ccccc1OCc1nc2ccccc2n1CC(=O)NCc1ccco1. The van der Waals surface area contributed by atoms with E-state index in [-0.39, 0.29) is 19.1 Å². The Kier molecular flexibility index (Phi) is 5.10. The Balaban J connectivity index is 1.53. The van der Waals surface area contributed by atoms with Gasteiger partial charge in [-0.25, -0.2) is 4.98 Å². The van der Waals surface area contributed by atoms with Crippen LogP contribution in [0.2, 0.25) is 0 Å². The number of carbonyl (C=O) groups is 1. The van der Waals surface area contributed by atoms with Crippen LogP contribution in [0.5, 0.6) is 5.75 Å². The lowest BCUT2D eigenvalue weighted by atomic mass is 10.2. The molecule has 0 atom stereocenters. The zero-order valence-corrected chi connectivity index (χ0v) is 15.6. The molecule has 6 nitrogen and oxygen atoms in total. The van der Waals surface area contributed by atoms with Gasteiger partial charge in [0.05, 0.1) is 23.8 Å². The fourth-order valence-electron chi connectivity index (χ4n) is 3.07. The van der Waals surface area contributed by atoms with E-state index < -0.39 is 0 Å². The maximum Gasteiger partial charge on any atom is 0.240 e. The summed E-state index contributed by atoms with van der Waals surface area (Å²) in [6.45, 7) is 2.80. The number of nitrogens with one attached hydrogen (secondary N) is 1. The lowest BCUT2D eigenvalue weighted by Crippen LogP contribution is -2.27. The smallest absolute Gasteiger partial charge is 0.240 e. The van der Waals surface area contributed by atoms with Gasteiger partial charge in [0.1, 0.15) is 30.5 Å². The predicted molar refractivity (Wildman–Crippen MR) is 106 cm³/mol. The second-order valence-corrected chi connectivity index (χ2v) is 6.51. The van der Waals surface area contributed by atoms with Crippen molar-refractivity contribution >= 4 is 16.9 Å². The summed E-state index contributed by atoms with van der Waals surface area (Å²) in [5.41, 5.74) is 2.80. The maximum atomic E-state index is 12.5. The number of ether oxygens (including phenoxy) is 1. The fourth-order valence-corrected chi connectivity index (χ4v) is 3.07. The summed E-state index contributed by atoms with van der Waals surface area (Å²) in [6.07, 6.45) is 1.59. The van der Waals surface area contributed by atoms with E-state index in [0.717, 1.165) is 22.3 Å². The molecule has 1 amide bonds. The number of hydrogen-bond donors (Lipinski definition) is 1. The Morgan fingerprint density at radius 1 is 1.11 bits per heavy atom. The minimum atomic E-state index is -0.114. The number of para-hydroxylation sites is 3. The van der Waals surface area contributed by atoms with E-state index in [1.165, 1.54) is 0 Å². The molecule has 2 aromatic carbocycles. The first-order valence-electron chi connectivity index (χ1n) is 9.12. The van der Waals surface area contributed by atoms with Crippen molar-refractivity contribution in [1.82, 2.24) is 14.9 Å². The van der Waals surface area contributed by atoms with Gasteiger partial charge in [0.15, 0.2) is 0 Å². The first-order valence-corrected chi connectivity index (χ1v) is 9.12. The molecule has 0 radical (unpaired) electrons. The lowest BCUT2D eigenvalue weighted by Gasteiger charge is -2.12. The van der Waals surface area contributed by atoms with Gasteiger partial charge in [0, 0.05) is 0 Å². The lowest BCUT2D eigenvalue weighted by molar-refractivity contribution is -0.121. The number of hydrogen-bond acceptors (Lipinski definition) is 4. The molecule has 142 valence electrons. The number of aryl methyl sites for hydroxylation is 1. The van der Waals surface area contributed by atoms with Gasteiger partial charge >= 0.3 is 0 Å². The average Bonchev–Trinajstić information content (AvgIpc) is 3.34. The molecule has 4 aromatic rings. The van der Waals surface area contributed by atoms with E-state index in [9.17, 15) is 4.79 Å². The molecule has 4 rings (SSSR count). The summed E-state index contributed by atoms with van der Waals surface area (Å²) in [5, 5.41) is 2.88. The van der Waals surface area contributed by atoms with Crippen LogP contribution in [-0.4, -0.2) is 15.5 Å². The van der Waals surface area contributed by atoms with Gasteiger partial charge < -0.3 is 19.0 Å². The molecule has 0 bridgehead atoms. The van der Waals surface area contributed by atoms with Gasteiger partial charge in [-0.05, 0) is 42.8 Å². The number of carbonyl (C=O) groups excluding carboxylic acids is 1. The molecule has 0 spiro atoms. The normalized spacial score (nSPS) is 10.9. The highest BCUT2D eigenvalue weighted by atomic mass is 16.5. The topological polar surface area (TPSA) is 69.3 Å². The van der Waals surface area contributed by atoms with Crippen molar-refractivity contribution in [2.24, 2.45) is 0 Å². The molecular weight excluding hydrogens is 354 g/mol. The number of rotatable bonds is 7. The van der Waals surface area contributed by atoms with Crippen LogP contribution < -0.4 is 10.1 Å². The van der Waals surface area contributed by atoms with Gasteiger partial charge in [0.25, 0.3) is 0 Å². The Labute approximate surface area is 162 Å². The minimum absolute atomic E-state index is 0.114. The summed E-state index contributed by atoms with van der Waals surface area (Å²) in [7, 11) is 0. The maximum absolute atomic E-state index is 12.5. The molecule has 0 aliphatic rings. The van der Waals surface area contributed by atoms with Crippen LogP contribution in [0.1, 0.15) is 17.1 Å². The van der Waals surface area contributed by atoms with E-state index in [2.05, 4.69) is 10.3 Å².